The van der Waals surface area contributed by atoms with Gasteiger partial charge in [0.25, 0.3) is 0 Å². The third kappa shape index (κ3) is 8.44. The van der Waals surface area contributed by atoms with Crippen molar-refractivity contribution in [3.63, 3.8) is 0 Å². The van der Waals surface area contributed by atoms with E-state index < -0.39 is 0 Å². The molecule has 0 aliphatic carbocycles. The summed E-state index contributed by atoms with van der Waals surface area (Å²) in [5, 5.41) is 8.86. The lowest BCUT2D eigenvalue weighted by molar-refractivity contribution is 0.341. The van der Waals surface area contributed by atoms with Crippen LogP contribution in [0.1, 0.15) is 59.3 Å². The van der Waals surface area contributed by atoms with Gasteiger partial charge in [-0.05, 0) is 32.6 Å². The van der Waals surface area contributed by atoms with Crippen LogP contribution in [0.15, 0.2) is 23.3 Å². The van der Waals surface area contributed by atoms with Crippen LogP contribution >= 0.6 is 0 Å². The van der Waals surface area contributed by atoms with Gasteiger partial charge in [0.15, 0.2) is 0 Å². The molecule has 0 atom stereocenters. The molecule has 0 heterocycles. The summed E-state index contributed by atoms with van der Waals surface area (Å²) in [6.45, 7) is 6.79. The summed E-state index contributed by atoms with van der Waals surface area (Å²) in [5.74, 6) is 0. The van der Waals surface area contributed by atoms with Gasteiger partial charge in [0.1, 0.15) is 0 Å². The maximum atomic E-state index is 8.86. The van der Waals surface area contributed by atoms with E-state index in [0.29, 0.717) is 0 Å². The number of hydrogen-bond donors (Lipinski definition) is 1. The molecule has 1 N–H and O–H groups in total. The van der Waals surface area contributed by atoms with E-state index >= 15 is 0 Å². The Morgan fingerprint density at radius 3 is 2.20 bits per heavy atom. The summed E-state index contributed by atoms with van der Waals surface area (Å²) in [5.41, 5.74) is 2.90. The van der Waals surface area contributed by atoms with Crippen molar-refractivity contribution in [3.8, 4) is 0 Å². The maximum Gasteiger partial charge on any atom is 0.0615 e. The third-order valence-corrected chi connectivity index (χ3v) is 2.55. The molecule has 0 amide bonds. The van der Waals surface area contributed by atoms with Crippen LogP contribution in [0.5, 0.6) is 0 Å². The van der Waals surface area contributed by atoms with Crippen molar-refractivity contribution in [1.82, 2.24) is 0 Å². The first-order valence-electron chi connectivity index (χ1n) is 6.18. The Morgan fingerprint density at radius 1 is 1.00 bits per heavy atom. The first kappa shape index (κ1) is 14.4. The molecule has 0 fully saturated rings. The molecule has 88 valence electrons. The second-order valence-corrected chi connectivity index (χ2v) is 4.13. The largest absolute Gasteiger partial charge is 0.392 e. The fourth-order valence-corrected chi connectivity index (χ4v) is 1.78. The van der Waals surface area contributed by atoms with Crippen LogP contribution in [0, 0.1) is 0 Å². The number of aliphatic hydroxyl groups excluding tert-OH is 1. The highest BCUT2D eigenvalue weighted by atomic mass is 16.2. The van der Waals surface area contributed by atoms with Gasteiger partial charge in [-0.2, -0.15) is 0 Å². The minimum atomic E-state index is 0.187. The van der Waals surface area contributed by atoms with Crippen molar-refractivity contribution in [2.24, 2.45) is 0 Å². The number of aliphatic hydroxyl groups is 1. The van der Waals surface area contributed by atoms with Crippen molar-refractivity contribution < 1.29 is 5.11 Å². The highest BCUT2D eigenvalue weighted by molar-refractivity contribution is 5.05. The summed E-state index contributed by atoms with van der Waals surface area (Å²) in [7, 11) is 0. The zero-order valence-electron chi connectivity index (χ0n) is 10.6. The van der Waals surface area contributed by atoms with Gasteiger partial charge in [-0.1, -0.05) is 50.0 Å². The van der Waals surface area contributed by atoms with E-state index in [9.17, 15) is 0 Å². The Morgan fingerprint density at radius 2 is 1.67 bits per heavy atom. The second kappa shape index (κ2) is 9.97. The van der Waals surface area contributed by atoms with Crippen LogP contribution in [0.25, 0.3) is 0 Å². The molecule has 0 saturated heterocycles. The predicted octanol–water partition coefficient (Wildman–Crippen LogP) is 4.23. The Balaban J connectivity index is 3.89. The van der Waals surface area contributed by atoms with E-state index in [1.807, 2.05) is 6.08 Å². The van der Waals surface area contributed by atoms with Crippen LogP contribution in [0.4, 0.5) is 0 Å². The summed E-state index contributed by atoms with van der Waals surface area (Å²) in [6, 6.07) is 0. The first-order chi connectivity index (χ1) is 7.24. The second-order valence-electron chi connectivity index (χ2n) is 4.13. The predicted molar refractivity (Wildman–Crippen MR) is 68.0 cm³/mol. The lowest BCUT2D eigenvalue weighted by Crippen LogP contribution is -1.87. The minimum absolute atomic E-state index is 0.187. The zero-order chi connectivity index (χ0) is 11.5. The Labute approximate surface area is 94.9 Å². The number of rotatable bonds is 8. The van der Waals surface area contributed by atoms with E-state index in [4.69, 9.17) is 5.11 Å². The fourth-order valence-electron chi connectivity index (χ4n) is 1.78. The molecule has 0 radical (unpaired) electrons. The van der Waals surface area contributed by atoms with Gasteiger partial charge >= 0.3 is 0 Å². The fraction of sp³-hybridized carbons (Fsp3) is 0.714. The zero-order valence-corrected chi connectivity index (χ0v) is 10.6. The van der Waals surface area contributed by atoms with Gasteiger partial charge in [-0.15, -0.1) is 0 Å². The smallest absolute Gasteiger partial charge is 0.0615 e. The molecule has 0 aromatic rings. The Hall–Kier alpha value is -0.560. The maximum absolute atomic E-state index is 8.86. The van der Waals surface area contributed by atoms with E-state index in [0.717, 1.165) is 19.3 Å². The molecular weight excluding hydrogens is 184 g/mol. The van der Waals surface area contributed by atoms with Crippen LogP contribution < -0.4 is 0 Å². The number of hydrogen-bond acceptors (Lipinski definition) is 1. The topological polar surface area (TPSA) is 20.2 Å². The SMILES string of the molecule is CCCC(C)=CCCC(=CCO)CCC. The molecule has 0 aliphatic rings. The Bertz CT molecular complexity index is 201. The monoisotopic (exact) mass is 210 g/mol. The first-order valence-corrected chi connectivity index (χ1v) is 6.18. The summed E-state index contributed by atoms with van der Waals surface area (Å²) in [6.07, 6.45) is 11.3. The van der Waals surface area contributed by atoms with Crippen molar-refractivity contribution in [3.05, 3.63) is 23.3 Å². The third-order valence-electron chi connectivity index (χ3n) is 2.55. The molecule has 0 rings (SSSR count). The van der Waals surface area contributed by atoms with Crippen LogP contribution in [-0.4, -0.2) is 11.7 Å². The molecule has 1 nitrogen and oxygen atoms in total. The summed E-state index contributed by atoms with van der Waals surface area (Å²) >= 11 is 0. The standard InChI is InChI=1S/C14H26O/c1-4-7-13(3)9-6-10-14(8-5-2)11-12-15/h9,11,15H,4-8,10,12H2,1-3H3. The lowest BCUT2D eigenvalue weighted by atomic mass is 10.0. The molecule has 0 bridgehead atoms. The van der Waals surface area contributed by atoms with E-state index in [1.165, 1.54) is 30.4 Å². The van der Waals surface area contributed by atoms with Gasteiger partial charge in [-0.3, -0.25) is 0 Å². The van der Waals surface area contributed by atoms with Gasteiger partial charge < -0.3 is 5.11 Å². The molecule has 0 aromatic heterocycles. The van der Waals surface area contributed by atoms with Gasteiger partial charge in [0, 0.05) is 0 Å². The van der Waals surface area contributed by atoms with Gasteiger partial charge in [-0.25, -0.2) is 0 Å². The van der Waals surface area contributed by atoms with Gasteiger partial charge in [0.2, 0.25) is 0 Å². The molecule has 1 heteroatoms. The van der Waals surface area contributed by atoms with E-state index in [2.05, 4.69) is 26.8 Å². The minimum Gasteiger partial charge on any atom is -0.392 e. The highest BCUT2D eigenvalue weighted by Crippen LogP contribution is 2.14. The number of allylic oxidation sites excluding steroid dienone is 3. The normalized spacial score (nSPS) is 13.3. The Kier molecular flexibility index (Phi) is 9.60. The average Bonchev–Trinajstić information content (AvgIpc) is 2.19. The van der Waals surface area contributed by atoms with E-state index in [-0.39, 0.29) is 6.61 Å². The van der Waals surface area contributed by atoms with Crippen LogP contribution in [0.3, 0.4) is 0 Å². The van der Waals surface area contributed by atoms with Crippen molar-refractivity contribution in [2.75, 3.05) is 6.61 Å². The van der Waals surface area contributed by atoms with Crippen LogP contribution in [-0.2, 0) is 0 Å². The van der Waals surface area contributed by atoms with Crippen molar-refractivity contribution in [1.29, 1.82) is 0 Å². The molecule has 0 aliphatic heterocycles. The molecule has 0 aromatic carbocycles. The summed E-state index contributed by atoms with van der Waals surface area (Å²) < 4.78 is 0. The molecule has 15 heavy (non-hydrogen) atoms. The molecule has 0 saturated carbocycles. The quantitative estimate of drug-likeness (QED) is 0.594. The van der Waals surface area contributed by atoms with Crippen LogP contribution in [0.2, 0.25) is 0 Å². The highest BCUT2D eigenvalue weighted by Gasteiger charge is 1.95. The van der Waals surface area contributed by atoms with Crippen molar-refractivity contribution >= 4 is 0 Å². The summed E-state index contributed by atoms with van der Waals surface area (Å²) in [4.78, 5) is 0. The average molecular weight is 210 g/mol. The molecular formula is C14H26O. The van der Waals surface area contributed by atoms with E-state index in [1.54, 1.807) is 0 Å². The lowest BCUT2D eigenvalue weighted by Gasteiger charge is -2.04. The van der Waals surface area contributed by atoms with Gasteiger partial charge in [0.05, 0.1) is 6.61 Å². The molecule has 0 unspecified atom stereocenters. The van der Waals surface area contributed by atoms with Crippen molar-refractivity contribution in [2.45, 2.75) is 59.3 Å². The molecule has 0 spiro atoms.